The van der Waals surface area contributed by atoms with Gasteiger partial charge in [-0.2, -0.15) is 13.2 Å². The van der Waals surface area contributed by atoms with Crippen LogP contribution in [0.15, 0.2) is 194 Å². The van der Waals surface area contributed by atoms with Gasteiger partial charge < -0.3 is 79.2 Å². The van der Waals surface area contributed by atoms with Crippen LogP contribution in [0.5, 0.6) is 17.2 Å². The van der Waals surface area contributed by atoms with Gasteiger partial charge in [0.1, 0.15) is 56.7 Å². The molecule has 1 heterocycles. The summed E-state index contributed by atoms with van der Waals surface area (Å²) >= 11 is 0. The first-order valence-electron chi connectivity index (χ1n) is 36.2. The van der Waals surface area contributed by atoms with Crippen LogP contribution in [0, 0.1) is 55.4 Å². The van der Waals surface area contributed by atoms with Gasteiger partial charge in [0.15, 0.2) is 6.61 Å². The van der Waals surface area contributed by atoms with E-state index in [4.69, 9.17) is 38.3 Å². The summed E-state index contributed by atoms with van der Waals surface area (Å²) in [6, 6.07) is 60.3. The molecule has 27 heteroatoms. The molecule has 614 valence electrons. The average molecular weight is 1570 g/mol. The van der Waals surface area contributed by atoms with Crippen LogP contribution in [0.4, 0.5) is 41.6 Å². The predicted octanol–water partition coefficient (Wildman–Crippen LogP) is 13.7. The quantitative estimate of drug-likeness (QED) is 0.0158. The van der Waals surface area contributed by atoms with E-state index in [2.05, 4.69) is 85.6 Å². The lowest BCUT2D eigenvalue weighted by molar-refractivity contribution is -0.167. The zero-order chi connectivity index (χ0) is 83.8. The third kappa shape index (κ3) is 51.2. The molecule has 1 saturated heterocycles. The molecule has 5 amide bonds. The number of anilines is 5. The van der Waals surface area contributed by atoms with Crippen molar-refractivity contribution >= 4 is 69.9 Å². The van der Waals surface area contributed by atoms with Gasteiger partial charge in [0.2, 0.25) is 17.7 Å². The maximum atomic E-state index is 11.8. The highest BCUT2D eigenvalue weighted by Gasteiger charge is 2.38. The molecule has 9 rings (SSSR count). The van der Waals surface area contributed by atoms with E-state index in [9.17, 15) is 46.7 Å². The first-order chi connectivity index (χ1) is 53.9. The molecule has 0 atom stereocenters. The number of hydrogen-bond donors (Lipinski definition) is 6. The van der Waals surface area contributed by atoms with Crippen LogP contribution in [-0.2, 0) is 62.0 Å². The van der Waals surface area contributed by atoms with E-state index < -0.39 is 30.6 Å². The number of morpholine rings is 1. The van der Waals surface area contributed by atoms with Crippen molar-refractivity contribution in [3.63, 3.8) is 0 Å². The third-order valence-electron chi connectivity index (χ3n) is 14.7. The van der Waals surface area contributed by atoms with E-state index in [1.807, 2.05) is 169 Å². The van der Waals surface area contributed by atoms with Gasteiger partial charge in [0, 0.05) is 75.8 Å². The number of nitrogens with one attached hydrogen (secondary N) is 5. The van der Waals surface area contributed by atoms with Gasteiger partial charge in [-0.3, -0.25) is 38.5 Å². The molecule has 0 aliphatic carbocycles. The molecule has 0 saturated carbocycles. The highest BCUT2D eigenvalue weighted by atomic mass is 19.4. The SMILES string of the molecule is CC(=O)OCC(=O)Nc1cccc(C)c1.COC(=O)CC(=O)Nc1cccc(C)c1.COCCOCC(=O)Nc1cccc(C)c1.COCCOc1ccc(C)cc1.Cc1ccc(OCCN(C)C)cc1.Cc1ccc(OCCN2CCOCC2)cc1.Cc1cccc(NC(=O)C(F)(F)F)c1.Cc1cccc(NC(=O)CO)c1. The Hall–Kier alpha value is -11.0. The summed E-state index contributed by atoms with van der Waals surface area (Å²) in [7, 11) is 8.59. The molecule has 0 aromatic heterocycles. The number of methoxy groups -OCH3 is 3. The predicted molar refractivity (Wildman–Crippen MR) is 436 cm³/mol. The second-order valence-corrected chi connectivity index (χ2v) is 25.5. The average Bonchev–Trinajstić information content (AvgIpc) is 0.884. The van der Waals surface area contributed by atoms with Crippen LogP contribution < -0.4 is 40.8 Å². The molecule has 0 unspecified atom stereocenters. The monoisotopic (exact) mass is 1570 g/mol. The summed E-state index contributed by atoms with van der Waals surface area (Å²) in [5.41, 5.74) is 11.9. The number of likely N-dealkylation sites (N-methyl/N-ethyl adjacent to an activating group) is 1. The van der Waals surface area contributed by atoms with Crippen LogP contribution in [0.1, 0.15) is 57.9 Å². The first kappa shape index (κ1) is 98.0. The molecule has 8 aromatic carbocycles. The molecule has 0 bridgehead atoms. The second kappa shape index (κ2) is 57.9. The molecule has 24 nitrogen and oxygen atoms in total. The Labute approximate surface area is 662 Å². The number of ether oxygens (including phenoxy) is 9. The second-order valence-electron chi connectivity index (χ2n) is 25.5. The maximum absolute atomic E-state index is 11.8. The van der Waals surface area contributed by atoms with Gasteiger partial charge in [0.05, 0.1) is 40.1 Å². The Balaban J connectivity index is 0.000000439. The number of aliphatic hydroxyl groups excluding tert-OH is 1. The highest BCUT2D eigenvalue weighted by molar-refractivity contribution is 6.02. The molecule has 113 heavy (non-hydrogen) atoms. The number of alkyl halides is 3. The number of hydrogen-bond acceptors (Lipinski definition) is 19. The summed E-state index contributed by atoms with van der Waals surface area (Å²) in [5.74, 6) is -1.40. The number of aliphatic hydroxyl groups is 1. The molecule has 1 aliphatic heterocycles. The van der Waals surface area contributed by atoms with Crippen molar-refractivity contribution in [2.45, 2.75) is 74.9 Å². The molecular formula is C86H112F3N7O17. The number of carbonyl (C=O) groups is 7. The fourth-order valence-corrected chi connectivity index (χ4v) is 8.90. The zero-order valence-corrected chi connectivity index (χ0v) is 67.3. The van der Waals surface area contributed by atoms with E-state index in [0.29, 0.717) is 43.5 Å². The van der Waals surface area contributed by atoms with Crippen molar-refractivity contribution in [3.05, 3.63) is 239 Å². The minimum Gasteiger partial charge on any atom is -0.492 e. The number of aryl methyl sites for hydroxylation is 8. The van der Waals surface area contributed by atoms with E-state index in [-0.39, 0.29) is 49.0 Å². The Morgan fingerprint density at radius 2 is 0.796 bits per heavy atom. The van der Waals surface area contributed by atoms with Gasteiger partial charge in [-0.25, -0.2) is 0 Å². The summed E-state index contributed by atoms with van der Waals surface area (Å²) in [5, 5.41) is 20.7. The standard InChI is InChI=1S/C13H19NO2.C12H17NO3.2C11H13NO3.C11H17NO.C10H14O2.C9H8F3NO.C9H11NO2/c1-12-2-4-13(5-3-12)16-11-8-14-6-9-15-10-7-14;1-10-4-3-5-11(8-10)13-12(14)9-16-7-6-15-2;1-8-4-3-5-9(6-8)12-10(13)7-11(14)15-2;1-8-4-3-5-10(6-8)12-11(14)7-15-9(2)13;1-10-4-6-11(7-5-10)13-9-8-12(2)3;1-9-3-5-10(6-4-9)12-8-7-11-2;1-6-3-2-4-7(5-6)13-8(14)9(10,11)12;1-7-3-2-4-8(5-7)10-9(12)6-11/h2-5H,6-11H2,1H3;3-5,8H,6-7,9H2,1-2H3,(H,13,14);3-6H,7H2,1-2H3,(H,12,13);3-6H,7H2,1-2H3,(H,12,14);4-7H,8-9H2,1-3H3;3-6H,7-8H2,1-2H3;2-5H,1H3,(H,13,14);2-5,11H,6H2,1H3,(H,10,12). The Bertz CT molecular complexity index is 4030. The number of nitrogens with zero attached hydrogens (tertiary/aromatic N) is 2. The zero-order valence-electron chi connectivity index (χ0n) is 67.3. The third-order valence-corrected chi connectivity index (χ3v) is 14.7. The van der Waals surface area contributed by atoms with Gasteiger partial charge in [-0.1, -0.05) is 114 Å². The fourth-order valence-electron chi connectivity index (χ4n) is 8.90. The van der Waals surface area contributed by atoms with Crippen molar-refractivity contribution in [1.82, 2.24) is 9.80 Å². The Morgan fingerprint density at radius 1 is 0.442 bits per heavy atom. The lowest BCUT2D eigenvalue weighted by Gasteiger charge is -2.26. The fraction of sp³-hybridized carbons (Fsp3) is 0.360. The normalized spacial score (nSPS) is 11.0. The molecule has 1 fully saturated rings. The lowest BCUT2D eigenvalue weighted by atomic mass is 10.2. The molecule has 6 N–H and O–H groups in total. The van der Waals surface area contributed by atoms with E-state index in [1.165, 1.54) is 42.9 Å². The van der Waals surface area contributed by atoms with Crippen molar-refractivity contribution < 1.29 is 94.5 Å². The number of amides is 5. The lowest BCUT2D eigenvalue weighted by Crippen LogP contribution is -2.38. The minimum absolute atomic E-state index is 0.0529. The van der Waals surface area contributed by atoms with Crippen LogP contribution in [0.3, 0.4) is 0 Å². The molecule has 8 aromatic rings. The molecule has 1 aliphatic rings. The number of halogens is 3. The van der Waals surface area contributed by atoms with Crippen LogP contribution in [0.2, 0.25) is 0 Å². The number of carbonyl (C=O) groups excluding carboxylic acids is 7. The Morgan fingerprint density at radius 3 is 1.15 bits per heavy atom. The summed E-state index contributed by atoms with van der Waals surface area (Å²) in [6.45, 7) is 25.7. The van der Waals surface area contributed by atoms with Gasteiger partial charge in [-0.15, -0.1) is 0 Å². The largest absolute Gasteiger partial charge is 0.492 e. The Kier molecular flexibility index (Phi) is 50.3. The summed E-state index contributed by atoms with van der Waals surface area (Å²) in [4.78, 5) is 80.9. The van der Waals surface area contributed by atoms with E-state index in [1.54, 1.807) is 56.8 Å². The van der Waals surface area contributed by atoms with Crippen LogP contribution >= 0.6 is 0 Å². The number of rotatable bonds is 27. The van der Waals surface area contributed by atoms with Gasteiger partial charge in [0.25, 0.3) is 5.91 Å². The van der Waals surface area contributed by atoms with Crippen LogP contribution in [0.25, 0.3) is 0 Å². The van der Waals surface area contributed by atoms with E-state index in [0.717, 1.165) is 103 Å². The van der Waals surface area contributed by atoms with Crippen molar-refractivity contribution in [2.75, 3.05) is 161 Å². The van der Waals surface area contributed by atoms with Crippen molar-refractivity contribution in [3.8, 4) is 17.2 Å². The maximum Gasteiger partial charge on any atom is 0.471 e. The smallest absolute Gasteiger partial charge is 0.471 e. The molecule has 0 radical (unpaired) electrons. The topological polar surface area (TPSA) is 289 Å². The van der Waals surface area contributed by atoms with E-state index >= 15 is 0 Å². The van der Waals surface area contributed by atoms with Crippen molar-refractivity contribution in [1.29, 1.82) is 0 Å². The summed E-state index contributed by atoms with van der Waals surface area (Å²) < 4.78 is 81.1. The van der Waals surface area contributed by atoms with Gasteiger partial charge >= 0.3 is 24.0 Å². The number of benzene rings is 8. The van der Waals surface area contributed by atoms with Crippen molar-refractivity contribution in [2.24, 2.45) is 0 Å². The first-order valence-corrected chi connectivity index (χ1v) is 36.2. The summed E-state index contributed by atoms with van der Waals surface area (Å²) in [6.07, 6.45) is -5.10. The molecule has 0 spiro atoms. The minimum atomic E-state index is -4.84. The van der Waals surface area contributed by atoms with Gasteiger partial charge in [-0.05, 0) is 194 Å². The number of esters is 2. The van der Waals surface area contributed by atoms with Crippen LogP contribution in [-0.4, -0.2) is 197 Å². The molecular weight excluding hydrogens is 1460 g/mol. The highest BCUT2D eigenvalue weighted by Crippen LogP contribution is 2.20.